The highest BCUT2D eigenvalue weighted by atomic mass is 32.2. The van der Waals surface area contributed by atoms with Crippen LogP contribution >= 0.6 is 0 Å². The van der Waals surface area contributed by atoms with E-state index in [4.69, 9.17) is 0 Å². The molecular formula is C26H31N3O2S. The number of benzene rings is 3. The van der Waals surface area contributed by atoms with E-state index in [-0.39, 0.29) is 6.04 Å². The van der Waals surface area contributed by atoms with Crippen molar-refractivity contribution < 1.29 is 8.42 Å². The summed E-state index contributed by atoms with van der Waals surface area (Å²) < 4.78 is 29.2. The maximum absolute atomic E-state index is 13.2. The molecule has 0 saturated carbocycles. The van der Waals surface area contributed by atoms with Gasteiger partial charge in [-0.1, -0.05) is 48.0 Å². The molecule has 3 aromatic rings. The van der Waals surface area contributed by atoms with E-state index in [1.165, 1.54) is 11.3 Å². The number of hydrogen-bond acceptors (Lipinski definition) is 4. The lowest BCUT2D eigenvalue weighted by atomic mass is 10.0. The molecule has 3 aromatic carbocycles. The number of sulfonamides is 1. The molecule has 0 aliphatic carbocycles. The summed E-state index contributed by atoms with van der Waals surface area (Å²) in [5.74, 6) is 0. The zero-order chi connectivity index (χ0) is 22.9. The summed E-state index contributed by atoms with van der Waals surface area (Å²) in [7, 11) is 0.406. The van der Waals surface area contributed by atoms with Gasteiger partial charge in [-0.15, -0.1) is 0 Å². The molecule has 6 heteroatoms. The number of nitrogens with zero attached hydrogens (tertiary/aromatic N) is 2. The topological polar surface area (TPSA) is 52.7 Å². The summed E-state index contributed by atoms with van der Waals surface area (Å²) in [6, 6.07) is 22.1. The average molecular weight is 450 g/mol. The fourth-order valence-electron chi connectivity index (χ4n) is 4.46. The molecule has 1 atom stereocenters. The van der Waals surface area contributed by atoms with E-state index in [0.29, 0.717) is 11.4 Å². The lowest BCUT2D eigenvalue weighted by Crippen LogP contribution is -2.37. The minimum atomic E-state index is -3.62. The van der Waals surface area contributed by atoms with Crippen LogP contribution in [0.25, 0.3) is 0 Å². The van der Waals surface area contributed by atoms with Crippen LogP contribution in [-0.2, 0) is 16.4 Å². The van der Waals surface area contributed by atoms with Crippen LogP contribution in [0.15, 0.2) is 71.6 Å². The molecule has 0 fully saturated rings. The molecule has 0 saturated heterocycles. The van der Waals surface area contributed by atoms with Crippen molar-refractivity contribution in [3.8, 4) is 0 Å². The van der Waals surface area contributed by atoms with Gasteiger partial charge in [0.05, 0.1) is 10.9 Å². The van der Waals surface area contributed by atoms with Crippen LogP contribution in [-0.4, -0.2) is 35.6 Å². The normalized spacial score (nSPS) is 14.3. The molecule has 4 rings (SSSR count). The molecule has 5 nitrogen and oxygen atoms in total. The van der Waals surface area contributed by atoms with Gasteiger partial charge in [0.1, 0.15) is 0 Å². The first kappa shape index (κ1) is 22.4. The van der Waals surface area contributed by atoms with Crippen LogP contribution < -0.4 is 14.5 Å². The van der Waals surface area contributed by atoms with Crippen molar-refractivity contribution in [2.75, 3.05) is 37.0 Å². The van der Waals surface area contributed by atoms with E-state index >= 15 is 0 Å². The first-order chi connectivity index (χ1) is 15.3. The highest BCUT2D eigenvalue weighted by molar-refractivity contribution is 7.89. The monoisotopic (exact) mass is 449 g/mol. The maximum atomic E-state index is 13.2. The number of fused-ring (bicyclic) bond motifs is 1. The fraction of sp³-hybridized carbons (Fsp3) is 0.308. The van der Waals surface area contributed by atoms with Gasteiger partial charge < -0.3 is 9.80 Å². The minimum absolute atomic E-state index is 0.101. The Kier molecular flexibility index (Phi) is 6.26. The Balaban J connectivity index is 1.65. The van der Waals surface area contributed by atoms with Gasteiger partial charge in [-0.2, -0.15) is 0 Å². The zero-order valence-corrected chi connectivity index (χ0v) is 20.0. The molecule has 0 radical (unpaired) electrons. The molecule has 1 heterocycles. The van der Waals surface area contributed by atoms with Crippen LogP contribution in [0.5, 0.6) is 0 Å². The second kappa shape index (κ2) is 8.96. The Hall–Kier alpha value is -2.83. The Bertz CT molecular complexity index is 1200. The number of nitrogens with one attached hydrogen (secondary N) is 1. The summed E-state index contributed by atoms with van der Waals surface area (Å²) >= 11 is 0. The Morgan fingerprint density at radius 2 is 1.72 bits per heavy atom. The highest BCUT2D eigenvalue weighted by Gasteiger charge is 2.29. The number of aryl methyl sites for hydroxylation is 2. The number of hydrogen-bond donors (Lipinski definition) is 1. The molecular weight excluding hydrogens is 418 g/mol. The van der Waals surface area contributed by atoms with Gasteiger partial charge in [-0.25, -0.2) is 13.1 Å². The predicted molar refractivity (Wildman–Crippen MR) is 132 cm³/mol. The van der Waals surface area contributed by atoms with E-state index in [9.17, 15) is 8.42 Å². The molecule has 1 aliphatic heterocycles. The third-order valence-electron chi connectivity index (χ3n) is 6.18. The molecule has 0 spiro atoms. The Morgan fingerprint density at radius 1 is 1.00 bits per heavy atom. The van der Waals surface area contributed by atoms with Crippen LogP contribution in [0.2, 0.25) is 0 Å². The summed E-state index contributed by atoms with van der Waals surface area (Å²) in [6.07, 6.45) is 0.965. The molecule has 168 valence electrons. The van der Waals surface area contributed by atoms with Gasteiger partial charge in [0, 0.05) is 38.6 Å². The van der Waals surface area contributed by atoms with Crippen molar-refractivity contribution >= 4 is 21.4 Å². The maximum Gasteiger partial charge on any atom is 0.240 e. The van der Waals surface area contributed by atoms with Crippen molar-refractivity contribution in [1.29, 1.82) is 0 Å². The lowest BCUT2D eigenvalue weighted by Gasteiger charge is -2.31. The van der Waals surface area contributed by atoms with Crippen LogP contribution in [0, 0.1) is 13.8 Å². The molecule has 0 amide bonds. The molecule has 32 heavy (non-hydrogen) atoms. The first-order valence-corrected chi connectivity index (χ1v) is 12.4. The minimum Gasteiger partial charge on any atom is -0.378 e. The molecule has 0 aromatic heterocycles. The van der Waals surface area contributed by atoms with Crippen molar-refractivity contribution in [3.05, 3.63) is 89.0 Å². The quantitative estimate of drug-likeness (QED) is 0.579. The van der Waals surface area contributed by atoms with E-state index in [1.54, 1.807) is 6.07 Å². The SMILES string of the molecule is Cc1ccc(S(=O)(=O)NCC(c2ccc(N(C)C)cc2)N2CCc3ccccc32)c(C)c1. The van der Waals surface area contributed by atoms with Crippen molar-refractivity contribution in [2.45, 2.75) is 31.2 Å². The van der Waals surface area contributed by atoms with E-state index in [2.05, 4.69) is 57.0 Å². The Morgan fingerprint density at radius 3 is 2.41 bits per heavy atom. The van der Waals surface area contributed by atoms with Crippen molar-refractivity contribution in [2.24, 2.45) is 0 Å². The fourth-order valence-corrected chi connectivity index (χ4v) is 5.72. The molecule has 1 N–H and O–H groups in total. The van der Waals surface area contributed by atoms with Gasteiger partial charge in [0.25, 0.3) is 0 Å². The standard InChI is InChI=1S/C26H31N3O2S/c1-19-9-14-26(20(2)17-19)32(30,31)27-18-25(22-10-12-23(13-11-22)28(3)4)29-16-15-21-7-5-6-8-24(21)29/h5-14,17,25,27H,15-16,18H2,1-4H3. The van der Waals surface area contributed by atoms with E-state index < -0.39 is 10.0 Å². The van der Waals surface area contributed by atoms with Gasteiger partial charge in [-0.05, 0) is 61.2 Å². The second-order valence-corrected chi connectivity index (χ2v) is 10.4. The predicted octanol–water partition coefficient (Wildman–Crippen LogP) is 4.45. The average Bonchev–Trinajstić information content (AvgIpc) is 3.18. The van der Waals surface area contributed by atoms with Crippen LogP contribution in [0.4, 0.5) is 11.4 Å². The largest absolute Gasteiger partial charge is 0.378 e. The third-order valence-corrected chi connectivity index (χ3v) is 7.76. The van der Waals surface area contributed by atoms with Gasteiger partial charge in [0.2, 0.25) is 10.0 Å². The first-order valence-electron chi connectivity index (χ1n) is 10.9. The van der Waals surface area contributed by atoms with Crippen LogP contribution in [0.1, 0.15) is 28.3 Å². The lowest BCUT2D eigenvalue weighted by molar-refractivity contribution is 0.562. The summed E-state index contributed by atoms with van der Waals surface area (Å²) in [5.41, 5.74) is 6.50. The van der Waals surface area contributed by atoms with Gasteiger partial charge >= 0.3 is 0 Å². The summed E-state index contributed by atoms with van der Waals surface area (Å²) in [4.78, 5) is 4.73. The molecule has 1 aliphatic rings. The smallest absolute Gasteiger partial charge is 0.240 e. The van der Waals surface area contributed by atoms with E-state index in [0.717, 1.165) is 35.3 Å². The van der Waals surface area contributed by atoms with Gasteiger partial charge in [0.15, 0.2) is 0 Å². The zero-order valence-electron chi connectivity index (χ0n) is 19.2. The third kappa shape index (κ3) is 4.52. The number of anilines is 2. The van der Waals surface area contributed by atoms with Gasteiger partial charge in [-0.3, -0.25) is 0 Å². The molecule has 0 bridgehead atoms. The van der Waals surface area contributed by atoms with E-state index in [1.807, 2.05) is 46.1 Å². The number of rotatable bonds is 7. The summed E-state index contributed by atoms with van der Waals surface area (Å²) in [5, 5.41) is 0. The molecule has 1 unspecified atom stereocenters. The number of para-hydroxylation sites is 1. The van der Waals surface area contributed by atoms with Crippen LogP contribution in [0.3, 0.4) is 0 Å². The van der Waals surface area contributed by atoms with Crippen molar-refractivity contribution in [3.63, 3.8) is 0 Å². The van der Waals surface area contributed by atoms with Crippen molar-refractivity contribution in [1.82, 2.24) is 4.72 Å². The second-order valence-electron chi connectivity index (χ2n) is 8.69. The Labute approximate surface area is 191 Å². The highest BCUT2D eigenvalue weighted by Crippen LogP contribution is 2.35. The summed E-state index contributed by atoms with van der Waals surface area (Å²) in [6.45, 7) is 4.97.